The molecule has 0 unspecified atom stereocenters. The minimum Gasteiger partial charge on any atom is -0.228 e. The number of nitrogens with zero attached hydrogens (tertiary/aromatic N) is 2. The van der Waals surface area contributed by atoms with Crippen LogP contribution in [0.5, 0.6) is 0 Å². The highest BCUT2D eigenvalue weighted by Gasteiger charge is 2.37. The molecule has 0 saturated heterocycles. The summed E-state index contributed by atoms with van der Waals surface area (Å²) in [7, 11) is 0. The Labute approximate surface area is 388 Å². The third kappa shape index (κ3) is 6.23. The fourth-order valence-electron chi connectivity index (χ4n) is 10.6. The average molecular weight is 859 g/mol. The van der Waals surface area contributed by atoms with Crippen molar-refractivity contribution in [1.29, 1.82) is 0 Å². The van der Waals surface area contributed by atoms with Gasteiger partial charge in [-0.2, -0.15) is 0 Å². The topological polar surface area (TPSA) is 25.8 Å². The maximum atomic E-state index is 5.44. The predicted molar refractivity (Wildman–Crippen MR) is 280 cm³/mol. The molecule has 0 fully saturated rings. The molecule has 12 aromatic rings. The second kappa shape index (κ2) is 15.1. The molecule has 0 aliphatic heterocycles. The lowest BCUT2D eigenvalue weighted by Gasteiger charge is -2.22. The number of benzene rings is 10. The van der Waals surface area contributed by atoms with Crippen LogP contribution in [0.2, 0.25) is 0 Å². The van der Waals surface area contributed by atoms with Crippen molar-refractivity contribution in [3.8, 4) is 78.4 Å². The van der Waals surface area contributed by atoms with E-state index in [1.165, 1.54) is 80.7 Å². The van der Waals surface area contributed by atoms with E-state index in [2.05, 4.69) is 232 Å². The first-order chi connectivity index (χ1) is 32.4. The number of rotatable bonds is 6. The van der Waals surface area contributed by atoms with Crippen molar-refractivity contribution in [2.24, 2.45) is 0 Å². The van der Waals surface area contributed by atoms with Gasteiger partial charge in [-0.25, -0.2) is 9.97 Å². The van der Waals surface area contributed by atoms with Crippen LogP contribution in [0, 0.1) is 0 Å². The molecule has 13 rings (SSSR count). The van der Waals surface area contributed by atoms with Gasteiger partial charge in [-0.05, 0) is 132 Å². The first kappa shape index (κ1) is 38.5. The highest BCUT2D eigenvalue weighted by Crippen LogP contribution is 2.54. The zero-order valence-corrected chi connectivity index (χ0v) is 37.4. The lowest BCUT2D eigenvalue weighted by molar-refractivity contribution is 0.661. The van der Waals surface area contributed by atoms with Gasteiger partial charge in [-0.3, -0.25) is 0 Å². The molecule has 1 aliphatic carbocycles. The van der Waals surface area contributed by atoms with E-state index in [0.717, 1.165) is 44.8 Å². The number of thiophene rings is 1. The van der Waals surface area contributed by atoms with E-state index in [4.69, 9.17) is 9.97 Å². The summed E-state index contributed by atoms with van der Waals surface area (Å²) in [6.45, 7) is 4.73. The molecule has 0 amide bonds. The lowest BCUT2D eigenvalue weighted by atomic mass is 9.81. The van der Waals surface area contributed by atoms with Crippen LogP contribution in [0.4, 0.5) is 0 Å². The van der Waals surface area contributed by atoms with Gasteiger partial charge in [0.1, 0.15) is 0 Å². The molecule has 2 nitrogen and oxygen atoms in total. The summed E-state index contributed by atoms with van der Waals surface area (Å²) in [6.07, 6.45) is 0. The third-order valence-corrected chi connectivity index (χ3v) is 15.0. The van der Waals surface area contributed by atoms with Gasteiger partial charge in [0.15, 0.2) is 5.82 Å². The van der Waals surface area contributed by atoms with E-state index >= 15 is 0 Å². The number of fused-ring (bicyclic) bond motifs is 8. The van der Waals surface area contributed by atoms with E-state index in [1.54, 1.807) is 0 Å². The largest absolute Gasteiger partial charge is 0.228 e. The van der Waals surface area contributed by atoms with Crippen LogP contribution in [0.3, 0.4) is 0 Å². The fourth-order valence-corrected chi connectivity index (χ4v) is 11.7. The Morgan fingerprint density at radius 3 is 1.82 bits per heavy atom. The summed E-state index contributed by atoms with van der Waals surface area (Å²) in [5.74, 6) is 0.692. The van der Waals surface area contributed by atoms with E-state index in [9.17, 15) is 0 Å². The third-order valence-electron chi connectivity index (χ3n) is 13.9. The Morgan fingerprint density at radius 2 is 0.955 bits per heavy atom. The summed E-state index contributed by atoms with van der Waals surface area (Å²) in [4.78, 5) is 10.9. The quantitative estimate of drug-likeness (QED) is 0.166. The standard InChI is InChI=1S/C63H42N2S/c1-63(2)55-28-15-27-52(61(55)54-36-41-19-6-7-20-42(41)37-56(54)63)49-23-10-11-24-50(49)58-38-57(64-62(65-58)40-17-4-3-5-18-40)46-33-44(32-45(34-46)48-26-14-21-39-16-8-9-22-47(39)48)43-30-31-60-53(35-43)51-25-12-13-29-59(51)66-60/h3-38H,1-2H3. The Morgan fingerprint density at radius 1 is 0.333 bits per heavy atom. The van der Waals surface area contributed by atoms with Crippen molar-refractivity contribution in [2.75, 3.05) is 0 Å². The Bertz CT molecular complexity index is 3910. The van der Waals surface area contributed by atoms with Crippen molar-refractivity contribution in [2.45, 2.75) is 19.3 Å². The smallest absolute Gasteiger partial charge is 0.160 e. The molecule has 0 bridgehead atoms. The number of hydrogen-bond donors (Lipinski definition) is 0. The normalized spacial score (nSPS) is 12.8. The van der Waals surface area contributed by atoms with Crippen molar-refractivity contribution in [1.82, 2.24) is 9.97 Å². The summed E-state index contributed by atoms with van der Waals surface area (Å²) in [5.41, 5.74) is 17.0. The summed E-state index contributed by atoms with van der Waals surface area (Å²) < 4.78 is 2.60. The van der Waals surface area contributed by atoms with Gasteiger partial charge in [0.05, 0.1) is 11.4 Å². The van der Waals surface area contributed by atoms with E-state index in [0.29, 0.717) is 5.82 Å². The maximum Gasteiger partial charge on any atom is 0.160 e. The van der Waals surface area contributed by atoms with Crippen molar-refractivity contribution in [3.63, 3.8) is 0 Å². The SMILES string of the molecule is CC1(C)c2cc3ccccc3cc2-c2c(-c3ccccc3-c3cc(-c4cc(-c5ccc6sc7ccccc7c6c5)cc(-c5cccc6ccccc56)c4)nc(-c4ccccc4)n3)cccc21. The molecular formula is C63H42N2S. The molecule has 2 aromatic heterocycles. The monoisotopic (exact) mass is 858 g/mol. The first-order valence-electron chi connectivity index (χ1n) is 22.7. The number of aromatic nitrogens is 2. The van der Waals surface area contributed by atoms with E-state index in [-0.39, 0.29) is 5.41 Å². The fraction of sp³-hybridized carbons (Fsp3) is 0.0476. The van der Waals surface area contributed by atoms with E-state index < -0.39 is 0 Å². The van der Waals surface area contributed by atoms with Crippen molar-refractivity contribution >= 4 is 53.1 Å². The molecule has 10 aromatic carbocycles. The van der Waals surface area contributed by atoms with Crippen LogP contribution in [0.25, 0.3) is 120 Å². The maximum absolute atomic E-state index is 5.44. The van der Waals surface area contributed by atoms with Gasteiger partial charge in [0, 0.05) is 42.3 Å². The average Bonchev–Trinajstić information content (AvgIpc) is 3.86. The molecule has 0 radical (unpaired) electrons. The molecule has 0 spiro atoms. The molecule has 66 heavy (non-hydrogen) atoms. The second-order valence-electron chi connectivity index (χ2n) is 18.1. The van der Waals surface area contributed by atoms with Gasteiger partial charge >= 0.3 is 0 Å². The molecule has 2 heterocycles. The molecular weight excluding hydrogens is 817 g/mol. The van der Waals surface area contributed by atoms with Crippen molar-refractivity contribution in [3.05, 3.63) is 230 Å². The lowest BCUT2D eigenvalue weighted by Crippen LogP contribution is -2.14. The minimum absolute atomic E-state index is 0.157. The van der Waals surface area contributed by atoms with Gasteiger partial charge < -0.3 is 0 Å². The molecule has 0 atom stereocenters. The van der Waals surface area contributed by atoms with Crippen LogP contribution < -0.4 is 0 Å². The Kier molecular flexibility index (Phi) is 8.78. The first-order valence-corrected chi connectivity index (χ1v) is 23.5. The molecule has 0 N–H and O–H groups in total. The zero-order chi connectivity index (χ0) is 43.9. The van der Waals surface area contributed by atoms with E-state index in [1.807, 2.05) is 11.3 Å². The van der Waals surface area contributed by atoms with Crippen LogP contribution in [0.15, 0.2) is 218 Å². The highest BCUT2D eigenvalue weighted by atomic mass is 32.1. The van der Waals surface area contributed by atoms with Crippen LogP contribution in [0.1, 0.15) is 25.0 Å². The Hall–Kier alpha value is -7.98. The summed E-state index contributed by atoms with van der Waals surface area (Å²) >= 11 is 1.85. The van der Waals surface area contributed by atoms with Crippen LogP contribution in [-0.2, 0) is 5.41 Å². The van der Waals surface area contributed by atoms with Gasteiger partial charge in [-0.1, -0.05) is 178 Å². The second-order valence-corrected chi connectivity index (χ2v) is 19.2. The number of hydrogen-bond acceptors (Lipinski definition) is 3. The van der Waals surface area contributed by atoms with Gasteiger partial charge in [0.25, 0.3) is 0 Å². The molecule has 310 valence electrons. The molecule has 1 aliphatic rings. The zero-order valence-electron chi connectivity index (χ0n) is 36.6. The van der Waals surface area contributed by atoms with Gasteiger partial charge in [0.2, 0.25) is 0 Å². The summed E-state index contributed by atoms with van der Waals surface area (Å²) in [5, 5.41) is 7.54. The Balaban J connectivity index is 1.04. The summed E-state index contributed by atoms with van der Waals surface area (Å²) in [6, 6.07) is 79.8. The van der Waals surface area contributed by atoms with Crippen molar-refractivity contribution < 1.29 is 0 Å². The minimum atomic E-state index is -0.157. The van der Waals surface area contributed by atoms with Gasteiger partial charge in [-0.15, -0.1) is 11.3 Å². The highest BCUT2D eigenvalue weighted by molar-refractivity contribution is 7.25. The van der Waals surface area contributed by atoms with Crippen LogP contribution >= 0.6 is 11.3 Å². The predicted octanol–water partition coefficient (Wildman–Crippen LogP) is 17.5. The molecule has 3 heteroatoms. The molecule has 0 saturated carbocycles. The van der Waals surface area contributed by atoms with Crippen LogP contribution in [-0.4, -0.2) is 9.97 Å².